The summed E-state index contributed by atoms with van der Waals surface area (Å²) < 4.78 is 13.6. The van der Waals surface area contributed by atoms with E-state index in [1.165, 1.54) is 59.1 Å². The summed E-state index contributed by atoms with van der Waals surface area (Å²) in [5.41, 5.74) is 0.174. The highest BCUT2D eigenvalue weighted by Crippen LogP contribution is 2.28. The van der Waals surface area contributed by atoms with Crippen LogP contribution in [0.5, 0.6) is 0 Å². The van der Waals surface area contributed by atoms with Gasteiger partial charge in [0.05, 0.1) is 12.7 Å². The molecule has 8 heteroatoms. The predicted octanol–water partition coefficient (Wildman–Crippen LogP) is 4.37. The maximum Gasteiger partial charge on any atom is 0.275 e. The maximum atomic E-state index is 13.6. The highest BCUT2D eigenvalue weighted by atomic mass is 32.1. The molecule has 6 nitrogen and oxygen atoms in total. The van der Waals surface area contributed by atoms with E-state index in [9.17, 15) is 14.0 Å². The number of hydrogen-bond acceptors (Lipinski definition) is 5. The van der Waals surface area contributed by atoms with Crippen LogP contribution in [-0.2, 0) is 11.3 Å². The Bertz CT molecular complexity index is 1010. The fraction of sp³-hybridized carbons (Fsp3) is 0.304. The van der Waals surface area contributed by atoms with Crippen molar-refractivity contribution < 1.29 is 14.0 Å². The first-order valence-corrected chi connectivity index (χ1v) is 10.9. The van der Waals surface area contributed by atoms with E-state index in [2.05, 4.69) is 15.3 Å². The number of benzene rings is 1. The number of aromatic nitrogens is 2. The zero-order chi connectivity index (χ0) is 22.4. The lowest BCUT2D eigenvalue weighted by atomic mass is 9.98. The van der Waals surface area contributed by atoms with Gasteiger partial charge in [0, 0.05) is 22.8 Å². The molecule has 0 fully saturated rings. The third-order valence-electron chi connectivity index (χ3n) is 5.04. The summed E-state index contributed by atoms with van der Waals surface area (Å²) in [7, 11) is 0. The molecule has 2 amide bonds. The van der Waals surface area contributed by atoms with E-state index < -0.39 is 23.3 Å². The van der Waals surface area contributed by atoms with E-state index in [4.69, 9.17) is 0 Å². The van der Waals surface area contributed by atoms with Crippen LogP contribution in [-0.4, -0.2) is 32.2 Å². The molecule has 0 saturated heterocycles. The molecular formula is C23H25FN4O2S. The van der Waals surface area contributed by atoms with E-state index in [0.717, 1.165) is 4.88 Å². The van der Waals surface area contributed by atoms with E-state index >= 15 is 0 Å². The Morgan fingerprint density at radius 2 is 1.94 bits per heavy atom. The number of nitrogens with zero attached hydrogens (tertiary/aromatic N) is 3. The standard InChI is InChI=1S/C23H25FN4O2S/c1-4-23(2,3)27-21(29)20(16-7-9-17(24)10-8-16)28(15-18-6-5-13-31-18)22(30)19-14-25-11-12-26-19/h5-14,20H,4,15H2,1-3H3,(H,27,29)/t20-/m1/s1. The van der Waals surface area contributed by atoms with E-state index in [1.807, 2.05) is 38.3 Å². The number of thiophene rings is 1. The van der Waals surface area contributed by atoms with Crippen molar-refractivity contribution in [3.63, 3.8) is 0 Å². The summed E-state index contributed by atoms with van der Waals surface area (Å²) in [5, 5.41) is 4.94. The molecule has 1 atom stereocenters. The van der Waals surface area contributed by atoms with Crippen molar-refractivity contribution in [2.75, 3.05) is 0 Å². The van der Waals surface area contributed by atoms with Gasteiger partial charge < -0.3 is 10.2 Å². The van der Waals surface area contributed by atoms with Gasteiger partial charge in [-0.15, -0.1) is 11.3 Å². The zero-order valence-electron chi connectivity index (χ0n) is 17.7. The molecule has 0 aliphatic carbocycles. The molecule has 0 bridgehead atoms. The first-order valence-electron chi connectivity index (χ1n) is 9.97. The third kappa shape index (κ3) is 5.73. The third-order valence-corrected chi connectivity index (χ3v) is 5.90. The molecule has 0 aliphatic rings. The molecule has 3 rings (SSSR count). The smallest absolute Gasteiger partial charge is 0.275 e. The summed E-state index contributed by atoms with van der Waals surface area (Å²) in [6, 6.07) is 8.46. The average molecular weight is 441 g/mol. The maximum absolute atomic E-state index is 13.6. The highest BCUT2D eigenvalue weighted by molar-refractivity contribution is 7.09. The SMILES string of the molecule is CCC(C)(C)NC(=O)[C@@H](c1ccc(F)cc1)N(Cc1cccs1)C(=O)c1cnccn1. The number of carbonyl (C=O) groups excluding carboxylic acids is 2. The van der Waals surface area contributed by atoms with Gasteiger partial charge >= 0.3 is 0 Å². The Morgan fingerprint density at radius 3 is 2.52 bits per heavy atom. The van der Waals surface area contributed by atoms with Crippen molar-refractivity contribution >= 4 is 23.2 Å². The first-order chi connectivity index (χ1) is 14.8. The van der Waals surface area contributed by atoms with Crippen molar-refractivity contribution in [3.05, 3.63) is 82.3 Å². The van der Waals surface area contributed by atoms with E-state index in [1.54, 1.807) is 0 Å². The van der Waals surface area contributed by atoms with Crippen LogP contribution in [0.1, 0.15) is 54.2 Å². The quantitative estimate of drug-likeness (QED) is 0.565. The topological polar surface area (TPSA) is 75.2 Å². The molecule has 1 aromatic carbocycles. The summed E-state index contributed by atoms with van der Waals surface area (Å²) in [6.07, 6.45) is 5.00. The van der Waals surface area contributed by atoms with Gasteiger partial charge in [-0.25, -0.2) is 9.37 Å². The summed E-state index contributed by atoms with van der Waals surface area (Å²) in [4.78, 5) is 37.4. The predicted molar refractivity (Wildman–Crippen MR) is 118 cm³/mol. The van der Waals surface area contributed by atoms with Crippen LogP contribution in [0, 0.1) is 5.82 Å². The molecule has 1 N–H and O–H groups in total. The zero-order valence-corrected chi connectivity index (χ0v) is 18.5. The highest BCUT2D eigenvalue weighted by Gasteiger charge is 2.35. The normalized spacial score (nSPS) is 12.3. The molecule has 162 valence electrons. The van der Waals surface area contributed by atoms with Crippen molar-refractivity contribution in [1.29, 1.82) is 0 Å². The molecule has 0 saturated carbocycles. The van der Waals surface area contributed by atoms with Crippen LogP contribution in [0.15, 0.2) is 60.4 Å². The van der Waals surface area contributed by atoms with Crippen LogP contribution < -0.4 is 5.32 Å². The van der Waals surface area contributed by atoms with Gasteiger partial charge in [0.2, 0.25) is 5.91 Å². The lowest BCUT2D eigenvalue weighted by molar-refractivity contribution is -0.127. The molecule has 0 aliphatic heterocycles. The van der Waals surface area contributed by atoms with Crippen molar-refractivity contribution in [3.8, 4) is 0 Å². The summed E-state index contributed by atoms with van der Waals surface area (Å²) in [6.45, 7) is 6.01. The van der Waals surface area contributed by atoms with Gasteiger partial charge in [-0.3, -0.25) is 14.6 Å². The average Bonchev–Trinajstić information content (AvgIpc) is 3.27. The Balaban J connectivity index is 2.07. The van der Waals surface area contributed by atoms with Gasteiger partial charge in [0.15, 0.2) is 0 Å². The van der Waals surface area contributed by atoms with Gasteiger partial charge in [0.25, 0.3) is 5.91 Å². The number of carbonyl (C=O) groups is 2. The van der Waals surface area contributed by atoms with Crippen molar-refractivity contribution in [2.45, 2.75) is 45.3 Å². The van der Waals surface area contributed by atoms with Crippen LogP contribution in [0.3, 0.4) is 0 Å². The number of amides is 2. The molecule has 0 unspecified atom stereocenters. The molecule has 3 aromatic rings. The van der Waals surface area contributed by atoms with E-state index in [-0.39, 0.29) is 18.1 Å². The number of rotatable bonds is 8. The molecule has 2 heterocycles. The summed E-state index contributed by atoms with van der Waals surface area (Å²) in [5.74, 6) is -1.19. The Labute approximate surface area is 185 Å². The fourth-order valence-corrected chi connectivity index (χ4v) is 3.72. The van der Waals surface area contributed by atoms with Crippen LogP contribution in [0.25, 0.3) is 0 Å². The number of hydrogen-bond donors (Lipinski definition) is 1. The lowest BCUT2D eigenvalue weighted by Gasteiger charge is -2.34. The minimum Gasteiger partial charge on any atom is -0.349 e. The van der Waals surface area contributed by atoms with Gasteiger partial charge in [-0.2, -0.15) is 0 Å². The second kappa shape index (κ2) is 9.78. The van der Waals surface area contributed by atoms with Gasteiger partial charge in [-0.05, 0) is 49.4 Å². The minimum atomic E-state index is -0.969. The van der Waals surface area contributed by atoms with Gasteiger partial charge in [0.1, 0.15) is 17.6 Å². The molecule has 31 heavy (non-hydrogen) atoms. The molecule has 0 radical (unpaired) electrons. The van der Waals surface area contributed by atoms with Crippen molar-refractivity contribution in [2.24, 2.45) is 0 Å². The Kier molecular flexibility index (Phi) is 7.12. The second-order valence-corrected chi connectivity index (χ2v) is 8.82. The molecule has 2 aromatic heterocycles. The second-order valence-electron chi connectivity index (χ2n) is 7.78. The molecule has 0 spiro atoms. The number of nitrogens with one attached hydrogen (secondary N) is 1. The van der Waals surface area contributed by atoms with Crippen LogP contribution >= 0.6 is 11.3 Å². The Hall–Kier alpha value is -3.13. The number of halogens is 1. The van der Waals surface area contributed by atoms with Crippen LogP contribution in [0.4, 0.5) is 4.39 Å². The Morgan fingerprint density at radius 1 is 1.19 bits per heavy atom. The monoisotopic (exact) mass is 440 g/mol. The van der Waals surface area contributed by atoms with Crippen molar-refractivity contribution in [1.82, 2.24) is 20.2 Å². The van der Waals surface area contributed by atoms with Gasteiger partial charge in [-0.1, -0.05) is 25.1 Å². The fourth-order valence-electron chi connectivity index (χ4n) is 3.02. The van der Waals surface area contributed by atoms with E-state index in [0.29, 0.717) is 12.0 Å². The minimum absolute atomic E-state index is 0.133. The first kappa shape index (κ1) is 22.6. The summed E-state index contributed by atoms with van der Waals surface area (Å²) >= 11 is 1.49. The van der Waals surface area contributed by atoms with Crippen LogP contribution in [0.2, 0.25) is 0 Å². The lowest BCUT2D eigenvalue weighted by Crippen LogP contribution is -2.50. The largest absolute Gasteiger partial charge is 0.349 e. The molecular weight excluding hydrogens is 415 g/mol.